The Kier molecular flexibility index (Phi) is 5.96. The number of aliphatic hydroxyl groups is 1. The molecule has 0 radical (unpaired) electrons. The molecule has 144 valence electrons. The van der Waals surface area contributed by atoms with Crippen LogP contribution in [0.2, 0.25) is 0 Å². The van der Waals surface area contributed by atoms with Gasteiger partial charge in [0.1, 0.15) is 11.7 Å². The van der Waals surface area contributed by atoms with Gasteiger partial charge in [-0.25, -0.2) is 0 Å². The van der Waals surface area contributed by atoms with Crippen LogP contribution in [0.5, 0.6) is 0 Å². The van der Waals surface area contributed by atoms with E-state index < -0.39 is 17.7 Å². The maximum absolute atomic E-state index is 12.3. The van der Waals surface area contributed by atoms with Gasteiger partial charge in [-0.2, -0.15) is 0 Å². The van der Waals surface area contributed by atoms with Crippen LogP contribution in [0.1, 0.15) is 60.8 Å². The summed E-state index contributed by atoms with van der Waals surface area (Å²) in [5, 5.41) is 10.8. The highest BCUT2D eigenvalue weighted by Gasteiger charge is 2.60. The van der Waals surface area contributed by atoms with Crippen molar-refractivity contribution in [2.45, 2.75) is 72.5 Å². The molecule has 1 saturated carbocycles. The van der Waals surface area contributed by atoms with Gasteiger partial charge in [0, 0.05) is 6.92 Å². The maximum Gasteiger partial charge on any atom is 0.303 e. The molecule has 0 aromatic carbocycles. The lowest BCUT2D eigenvalue weighted by atomic mass is 9.89. The summed E-state index contributed by atoms with van der Waals surface area (Å²) in [4.78, 5) is 23.9. The van der Waals surface area contributed by atoms with Gasteiger partial charge in [-0.1, -0.05) is 24.6 Å². The van der Waals surface area contributed by atoms with Gasteiger partial charge in [-0.3, -0.25) is 9.59 Å². The summed E-state index contributed by atoms with van der Waals surface area (Å²) in [7, 11) is 0. The number of allylic oxidation sites excluding steroid dienone is 5. The Balaban J connectivity index is 2.33. The van der Waals surface area contributed by atoms with E-state index >= 15 is 0 Å². The van der Waals surface area contributed by atoms with E-state index in [1.165, 1.54) is 24.6 Å². The highest BCUT2D eigenvalue weighted by atomic mass is 16.6. The van der Waals surface area contributed by atoms with Crippen LogP contribution in [0.25, 0.3) is 0 Å². The molecule has 0 saturated heterocycles. The van der Waals surface area contributed by atoms with E-state index in [0.717, 1.165) is 12.8 Å². The van der Waals surface area contributed by atoms with Crippen LogP contribution in [-0.4, -0.2) is 28.6 Å². The second-order valence-electron chi connectivity index (χ2n) is 8.57. The highest BCUT2D eigenvalue weighted by molar-refractivity contribution is 6.03. The van der Waals surface area contributed by atoms with Gasteiger partial charge in [0.2, 0.25) is 0 Å². The fourth-order valence-electron chi connectivity index (χ4n) is 4.12. The van der Waals surface area contributed by atoms with Crippen LogP contribution in [0.15, 0.2) is 35.5 Å². The fourth-order valence-corrected chi connectivity index (χ4v) is 4.12. The van der Waals surface area contributed by atoms with Crippen molar-refractivity contribution in [2.24, 2.45) is 17.3 Å². The first-order valence-electron chi connectivity index (χ1n) is 9.42. The standard InChI is InChI=1S/C22H32O4/c1-14(2)8-7-10-21(5)17-12-15(3)19(24)9-11-22(6,25)20(13-18(17)21)26-16(4)23/h8-9,11-12,17-18,20,25H,7,10,13H2,1-6H3. The summed E-state index contributed by atoms with van der Waals surface area (Å²) in [5.41, 5.74) is 0.690. The molecule has 1 fully saturated rings. The van der Waals surface area contributed by atoms with Gasteiger partial charge < -0.3 is 9.84 Å². The van der Waals surface area contributed by atoms with Crippen LogP contribution >= 0.6 is 0 Å². The number of fused-ring (bicyclic) bond motifs is 1. The number of rotatable bonds is 4. The molecule has 0 amide bonds. The Hall–Kier alpha value is -1.68. The van der Waals surface area contributed by atoms with Gasteiger partial charge in [0.15, 0.2) is 5.78 Å². The van der Waals surface area contributed by atoms with Crippen LogP contribution in [0, 0.1) is 17.3 Å². The minimum absolute atomic E-state index is 0.0479. The molecule has 4 heteroatoms. The van der Waals surface area contributed by atoms with Crippen molar-refractivity contribution in [1.29, 1.82) is 0 Å². The van der Waals surface area contributed by atoms with Crippen molar-refractivity contribution in [3.63, 3.8) is 0 Å². The van der Waals surface area contributed by atoms with Crippen LogP contribution in [0.3, 0.4) is 0 Å². The molecule has 0 aromatic rings. The van der Waals surface area contributed by atoms with E-state index in [1.54, 1.807) is 6.92 Å². The third kappa shape index (κ3) is 4.53. The molecular formula is C22H32O4. The Bertz CT molecular complexity index is 664. The first-order valence-corrected chi connectivity index (χ1v) is 9.42. The summed E-state index contributed by atoms with van der Waals surface area (Å²) < 4.78 is 5.45. The summed E-state index contributed by atoms with van der Waals surface area (Å²) >= 11 is 0. The Morgan fingerprint density at radius 1 is 1.35 bits per heavy atom. The van der Waals surface area contributed by atoms with Crippen LogP contribution < -0.4 is 0 Å². The molecule has 0 bridgehead atoms. The van der Waals surface area contributed by atoms with E-state index in [2.05, 4.69) is 32.9 Å². The Morgan fingerprint density at radius 2 is 2.00 bits per heavy atom. The molecule has 0 heterocycles. The third-order valence-electron chi connectivity index (χ3n) is 5.99. The van der Waals surface area contributed by atoms with Crippen molar-refractivity contribution in [3.05, 3.63) is 35.5 Å². The van der Waals surface area contributed by atoms with Gasteiger partial charge in [0.05, 0.1) is 0 Å². The normalized spacial score (nSPS) is 36.7. The molecular weight excluding hydrogens is 328 g/mol. The molecule has 4 nitrogen and oxygen atoms in total. The van der Waals surface area contributed by atoms with E-state index in [9.17, 15) is 14.7 Å². The number of carbonyl (C=O) groups is 2. The first-order chi connectivity index (χ1) is 12.0. The van der Waals surface area contributed by atoms with E-state index in [0.29, 0.717) is 12.0 Å². The number of hydrogen-bond acceptors (Lipinski definition) is 4. The summed E-state index contributed by atoms with van der Waals surface area (Å²) in [5.74, 6) is 0.0174. The molecule has 2 aliphatic rings. The summed E-state index contributed by atoms with van der Waals surface area (Å²) in [6.45, 7) is 11.2. The Labute approximate surface area is 157 Å². The molecule has 0 aromatic heterocycles. The van der Waals surface area contributed by atoms with Crippen molar-refractivity contribution >= 4 is 11.8 Å². The van der Waals surface area contributed by atoms with Gasteiger partial charge in [-0.05, 0) is 81.9 Å². The Morgan fingerprint density at radius 3 is 2.58 bits per heavy atom. The molecule has 0 spiro atoms. The smallest absolute Gasteiger partial charge is 0.303 e. The molecule has 5 atom stereocenters. The monoisotopic (exact) mass is 360 g/mol. The zero-order valence-electron chi connectivity index (χ0n) is 16.8. The topological polar surface area (TPSA) is 63.6 Å². The van der Waals surface area contributed by atoms with Crippen molar-refractivity contribution in [2.75, 3.05) is 0 Å². The quantitative estimate of drug-likeness (QED) is 0.604. The van der Waals surface area contributed by atoms with Gasteiger partial charge in [0.25, 0.3) is 0 Å². The van der Waals surface area contributed by atoms with Crippen molar-refractivity contribution in [3.8, 4) is 0 Å². The van der Waals surface area contributed by atoms with Crippen LogP contribution in [-0.2, 0) is 14.3 Å². The van der Waals surface area contributed by atoms with Crippen molar-refractivity contribution in [1.82, 2.24) is 0 Å². The zero-order chi connectivity index (χ0) is 19.7. The zero-order valence-corrected chi connectivity index (χ0v) is 16.8. The predicted octanol–water partition coefficient (Wildman–Crippen LogP) is 4.14. The highest BCUT2D eigenvalue weighted by Crippen LogP contribution is 2.65. The average Bonchev–Trinajstić information content (AvgIpc) is 3.05. The lowest BCUT2D eigenvalue weighted by Gasteiger charge is -2.30. The fraction of sp³-hybridized carbons (Fsp3) is 0.636. The molecule has 0 aliphatic heterocycles. The first kappa shape index (κ1) is 20.6. The number of ketones is 1. The van der Waals surface area contributed by atoms with E-state index in [4.69, 9.17) is 4.74 Å². The molecule has 5 unspecified atom stereocenters. The number of carbonyl (C=O) groups excluding carboxylic acids is 2. The number of ether oxygens (including phenoxy) is 1. The van der Waals surface area contributed by atoms with Gasteiger partial charge in [-0.15, -0.1) is 0 Å². The van der Waals surface area contributed by atoms with E-state index in [1.807, 2.05) is 6.92 Å². The minimum atomic E-state index is -1.37. The summed E-state index contributed by atoms with van der Waals surface area (Å²) in [6, 6.07) is 0. The van der Waals surface area contributed by atoms with Crippen molar-refractivity contribution < 1.29 is 19.4 Å². The molecule has 1 N–H and O–H groups in total. The van der Waals surface area contributed by atoms with E-state index in [-0.39, 0.29) is 23.0 Å². The van der Waals surface area contributed by atoms with Crippen LogP contribution in [0.4, 0.5) is 0 Å². The maximum atomic E-state index is 12.3. The van der Waals surface area contributed by atoms with Gasteiger partial charge >= 0.3 is 5.97 Å². The predicted molar refractivity (Wildman–Crippen MR) is 102 cm³/mol. The summed E-state index contributed by atoms with van der Waals surface area (Å²) in [6.07, 6.45) is 9.09. The SMILES string of the molecule is CC(=O)OC1CC2C(C=C(C)C(=O)C=CC1(C)O)C2(C)CCC=C(C)C. The number of hydrogen-bond donors (Lipinski definition) is 1. The lowest BCUT2D eigenvalue weighted by Crippen LogP contribution is -2.41. The third-order valence-corrected chi connectivity index (χ3v) is 5.99. The second-order valence-corrected chi connectivity index (χ2v) is 8.57. The molecule has 2 aliphatic carbocycles. The molecule has 2 rings (SSSR count). The minimum Gasteiger partial charge on any atom is -0.459 e. The molecule has 26 heavy (non-hydrogen) atoms. The lowest BCUT2D eigenvalue weighted by molar-refractivity contribution is -0.157. The second kappa shape index (κ2) is 7.51. The number of esters is 1. The average molecular weight is 360 g/mol. The largest absolute Gasteiger partial charge is 0.459 e.